The number of hydrogen-bond acceptors (Lipinski definition) is 2. The SMILES string of the molecule is Cl.N[C@H](CCO)c1cc(Cl)ccc1Br. The van der Waals surface area contributed by atoms with Crippen molar-refractivity contribution < 1.29 is 5.11 Å². The topological polar surface area (TPSA) is 46.2 Å². The molecule has 0 saturated heterocycles. The van der Waals surface area contributed by atoms with Gasteiger partial charge in [-0.2, -0.15) is 0 Å². The van der Waals surface area contributed by atoms with Gasteiger partial charge in [-0.15, -0.1) is 12.4 Å². The molecule has 0 unspecified atom stereocenters. The Bertz CT molecular complexity index is 296. The molecular weight excluding hydrogens is 289 g/mol. The van der Waals surface area contributed by atoms with Crippen molar-refractivity contribution in [2.24, 2.45) is 5.73 Å². The summed E-state index contributed by atoms with van der Waals surface area (Å²) in [4.78, 5) is 0. The van der Waals surface area contributed by atoms with Gasteiger partial charge in [-0.1, -0.05) is 27.5 Å². The highest BCUT2D eigenvalue weighted by Gasteiger charge is 2.09. The summed E-state index contributed by atoms with van der Waals surface area (Å²) in [6.45, 7) is 0.0835. The van der Waals surface area contributed by atoms with Gasteiger partial charge in [-0.3, -0.25) is 0 Å². The van der Waals surface area contributed by atoms with Crippen LogP contribution in [0.5, 0.6) is 0 Å². The van der Waals surface area contributed by atoms with Crippen LogP contribution in [-0.4, -0.2) is 11.7 Å². The van der Waals surface area contributed by atoms with E-state index in [9.17, 15) is 0 Å². The smallest absolute Gasteiger partial charge is 0.0449 e. The van der Waals surface area contributed by atoms with Gasteiger partial charge in [-0.05, 0) is 30.2 Å². The average molecular weight is 301 g/mol. The Morgan fingerprint density at radius 1 is 1.50 bits per heavy atom. The zero-order valence-electron chi connectivity index (χ0n) is 7.41. The number of hydrogen-bond donors (Lipinski definition) is 2. The third kappa shape index (κ3) is 3.75. The van der Waals surface area contributed by atoms with E-state index in [2.05, 4.69) is 15.9 Å². The van der Waals surface area contributed by atoms with Crippen LogP contribution < -0.4 is 5.73 Å². The molecule has 1 atom stereocenters. The minimum absolute atomic E-state index is 0. The summed E-state index contributed by atoms with van der Waals surface area (Å²) < 4.78 is 0.929. The van der Waals surface area contributed by atoms with Gasteiger partial charge < -0.3 is 10.8 Å². The van der Waals surface area contributed by atoms with E-state index in [4.69, 9.17) is 22.4 Å². The molecule has 0 aliphatic rings. The van der Waals surface area contributed by atoms with Crippen LogP contribution in [0.3, 0.4) is 0 Å². The monoisotopic (exact) mass is 299 g/mol. The van der Waals surface area contributed by atoms with Crippen molar-refractivity contribution in [3.05, 3.63) is 33.3 Å². The highest BCUT2D eigenvalue weighted by Crippen LogP contribution is 2.26. The number of rotatable bonds is 3. The molecular formula is C9H12BrCl2NO. The van der Waals surface area contributed by atoms with Gasteiger partial charge in [0.15, 0.2) is 0 Å². The lowest BCUT2D eigenvalue weighted by Crippen LogP contribution is -2.12. The molecule has 0 aromatic heterocycles. The zero-order chi connectivity index (χ0) is 9.84. The van der Waals surface area contributed by atoms with Gasteiger partial charge in [0.25, 0.3) is 0 Å². The van der Waals surface area contributed by atoms with E-state index in [1.165, 1.54) is 0 Å². The third-order valence-electron chi connectivity index (χ3n) is 1.80. The summed E-state index contributed by atoms with van der Waals surface area (Å²) in [5.41, 5.74) is 6.76. The predicted molar refractivity (Wildman–Crippen MR) is 65.0 cm³/mol. The second-order valence-electron chi connectivity index (χ2n) is 2.78. The van der Waals surface area contributed by atoms with Gasteiger partial charge in [0.05, 0.1) is 0 Å². The molecule has 1 aromatic rings. The van der Waals surface area contributed by atoms with E-state index >= 15 is 0 Å². The molecule has 14 heavy (non-hydrogen) atoms. The Morgan fingerprint density at radius 3 is 2.71 bits per heavy atom. The lowest BCUT2D eigenvalue weighted by molar-refractivity contribution is 0.276. The van der Waals surface area contributed by atoms with Crippen molar-refractivity contribution in [1.82, 2.24) is 0 Å². The molecule has 1 rings (SSSR count). The molecule has 0 amide bonds. The van der Waals surface area contributed by atoms with Crippen LogP contribution in [0.2, 0.25) is 5.02 Å². The first kappa shape index (κ1) is 14.2. The Balaban J connectivity index is 0.00000169. The van der Waals surface area contributed by atoms with Crippen LogP contribution in [0.25, 0.3) is 0 Å². The Hall–Kier alpha value is 0.200. The molecule has 0 aliphatic carbocycles. The number of halogens is 3. The minimum Gasteiger partial charge on any atom is -0.396 e. The normalized spacial score (nSPS) is 12.0. The van der Waals surface area contributed by atoms with E-state index in [-0.39, 0.29) is 25.1 Å². The maximum Gasteiger partial charge on any atom is 0.0449 e. The van der Waals surface area contributed by atoms with Gasteiger partial charge >= 0.3 is 0 Å². The molecule has 1 aromatic carbocycles. The summed E-state index contributed by atoms with van der Waals surface area (Å²) in [6.07, 6.45) is 0.541. The van der Waals surface area contributed by atoms with Gasteiger partial charge in [0, 0.05) is 22.1 Å². The standard InChI is InChI=1S/C9H11BrClNO.ClH/c10-8-2-1-6(11)5-7(8)9(12)3-4-13;/h1-2,5,9,13H,3-4,12H2;1H/t9-;/m1./s1. The highest BCUT2D eigenvalue weighted by atomic mass is 79.9. The van der Waals surface area contributed by atoms with Crippen molar-refractivity contribution in [1.29, 1.82) is 0 Å². The number of benzene rings is 1. The highest BCUT2D eigenvalue weighted by molar-refractivity contribution is 9.10. The largest absolute Gasteiger partial charge is 0.396 e. The maximum absolute atomic E-state index is 8.73. The molecule has 0 saturated carbocycles. The minimum atomic E-state index is -0.168. The Kier molecular flexibility index (Phi) is 6.74. The average Bonchev–Trinajstić information content (AvgIpc) is 2.09. The van der Waals surface area contributed by atoms with Crippen molar-refractivity contribution >= 4 is 39.9 Å². The molecule has 0 aliphatic heterocycles. The van der Waals surface area contributed by atoms with E-state index in [1.54, 1.807) is 6.07 Å². The van der Waals surface area contributed by atoms with Crippen LogP contribution in [0.4, 0.5) is 0 Å². The first-order valence-corrected chi connectivity index (χ1v) is 5.13. The van der Waals surface area contributed by atoms with E-state index < -0.39 is 0 Å². The molecule has 0 heterocycles. The summed E-state index contributed by atoms with van der Waals surface area (Å²) in [7, 11) is 0. The molecule has 0 spiro atoms. The summed E-state index contributed by atoms with van der Waals surface area (Å²) in [5, 5.41) is 9.39. The van der Waals surface area contributed by atoms with Crippen molar-refractivity contribution in [2.45, 2.75) is 12.5 Å². The molecule has 0 fully saturated rings. The van der Waals surface area contributed by atoms with E-state index in [1.807, 2.05) is 12.1 Å². The zero-order valence-corrected chi connectivity index (χ0v) is 10.6. The molecule has 80 valence electrons. The number of aliphatic hydroxyl groups excluding tert-OH is 1. The van der Waals surface area contributed by atoms with Gasteiger partial charge in [0.2, 0.25) is 0 Å². The van der Waals surface area contributed by atoms with Crippen LogP contribution in [-0.2, 0) is 0 Å². The lowest BCUT2D eigenvalue weighted by Gasteiger charge is -2.12. The van der Waals surface area contributed by atoms with Crippen LogP contribution in [0, 0.1) is 0 Å². The maximum atomic E-state index is 8.73. The quantitative estimate of drug-likeness (QED) is 0.901. The van der Waals surface area contributed by atoms with Crippen LogP contribution in [0.15, 0.2) is 22.7 Å². The summed E-state index contributed by atoms with van der Waals surface area (Å²) in [5.74, 6) is 0. The number of aliphatic hydroxyl groups is 1. The lowest BCUT2D eigenvalue weighted by atomic mass is 10.1. The van der Waals surface area contributed by atoms with E-state index in [0.717, 1.165) is 10.0 Å². The molecule has 0 radical (unpaired) electrons. The molecule has 0 bridgehead atoms. The van der Waals surface area contributed by atoms with Gasteiger partial charge in [-0.25, -0.2) is 0 Å². The van der Waals surface area contributed by atoms with Crippen LogP contribution >= 0.6 is 39.9 Å². The first-order chi connectivity index (χ1) is 6.15. The van der Waals surface area contributed by atoms with Crippen LogP contribution in [0.1, 0.15) is 18.0 Å². The third-order valence-corrected chi connectivity index (χ3v) is 2.75. The predicted octanol–water partition coefficient (Wildman–Crippen LogP) is 2.91. The second-order valence-corrected chi connectivity index (χ2v) is 4.08. The Morgan fingerprint density at radius 2 is 2.14 bits per heavy atom. The van der Waals surface area contributed by atoms with Crippen molar-refractivity contribution in [3.63, 3.8) is 0 Å². The number of nitrogens with two attached hydrogens (primary N) is 1. The Labute approximate surface area is 103 Å². The molecule has 5 heteroatoms. The van der Waals surface area contributed by atoms with E-state index in [0.29, 0.717) is 11.4 Å². The fourth-order valence-corrected chi connectivity index (χ4v) is 1.81. The molecule has 3 N–H and O–H groups in total. The second kappa shape index (κ2) is 6.64. The summed E-state index contributed by atoms with van der Waals surface area (Å²) in [6, 6.07) is 5.29. The van der Waals surface area contributed by atoms with Gasteiger partial charge in [0.1, 0.15) is 0 Å². The summed E-state index contributed by atoms with van der Waals surface area (Å²) >= 11 is 9.20. The fourth-order valence-electron chi connectivity index (χ4n) is 1.09. The van der Waals surface area contributed by atoms with Crippen molar-refractivity contribution in [3.8, 4) is 0 Å². The first-order valence-electron chi connectivity index (χ1n) is 3.96. The molecule has 2 nitrogen and oxygen atoms in total. The van der Waals surface area contributed by atoms with Crippen molar-refractivity contribution in [2.75, 3.05) is 6.61 Å². The fraction of sp³-hybridized carbons (Fsp3) is 0.333.